The van der Waals surface area contributed by atoms with Crippen molar-refractivity contribution in [1.82, 2.24) is 0 Å². The third kappa shape index (κ3) is 4.87. The van der Waals surface area contributed by atoms with Crippen LogP contribution in [-0.2, 0) is 0 Å². The topological polar surface area (TPSA) is 0 Å². The number of allylic oxidation sites excluding steroid dienone is 3. The Hall–Kier alpha value is -1.86. The second-order valence-electron chi connectivity index (χ2n) is 6.41. The van der Waals surface area contributed by atoms with E-state index in [1.54, 1.807) is 0 Å². The summed E-state index contributed by atoms with van der Waals surface area (Å²) in [6.07, 6.45) is 8.86. The second-order valence-corrected chi connectivity index (χ2v) is 11.8. The van der Waals surface area contributed by atoms with Crippen LogP contribution in [0.1, 0.15) is 16.7 Å². The molecule has 0 aliphatic rings. The summed E-state index contributed by atoms with van der Waals surface area (Å²) >= 11 is 0. The first kappa shape index (κ1) is 15.5. The van der Waals surface area contributed by atoms with Crippen LogP contribution < -0.4 is 0 Å². The molecule has 0 spiro atoms. The zero-order valence-corrected chi connectivity index (χ0v) is 14.2. The fraction of sp³-hybridized carbons (Fsp3) is 0.200. The molecule has 0 aliphatic heterocycles. The molecule has 21 heavy (non-hydrogen) atoms. The van der Waals surface area contributed by atoms with Crippen molar-refractivity contribution >= 4 is 14.1 Å². The van der Waals surface area contributed by atoms with E-state index in [0.717, 1.165) is 0 Å². The highest BCUT2D eigenvalue weighted by Gasteiger charge is 2.25. The monoisotopic (exact) mass is 292 g/mol. The zero-order valence-electron chi connectivity index (χ0n) is 13.2. The van der Waals surface area contributed by atoms with E-state index in [1.165, 1.54) is 11.1 Å². The molecule has 0 N–H and O–H groups in total. The summed E-state index contributed by atoms with van der Waals surface area (Å²) in [5.74, 6) is 0. The van der Waals surface area contributed by atoms with Crippen LogP contribution in [0, 0.1) is 0 Å². The molecule has 0 amide bonds. The maximum Gasteiger partial charge on any atom is 0.0565 e. The van der Waals surface area contributed by atoms with Crippen molar-refractivity contribution in [2.24, 2.45) is 0 Å². The minimum Gasteiger partial charge on any atom is -0.0797 e. The van der Waals surface area contributed by atoms with Crippen LogP contribution in [0.25, 0.3) is 6.08 Å². The first-order valence-electron chi connectivity index (χ1n) is 7.52. The van der Waals surface area contributed by atoms with E-state index in [2.05, 4.69) is 98.5 Å². The standard InChI is InChI=1S/C20H24Si/c1-21(2,3)20(19-15-8-5-9-16-19)17-11-10-14-18-12-6-4-7-13-18/h4-17,20H,1-3H3/b14-10+,17-11+. The highest BCUT2D eigenvalue weighted by Crippen LogP contribution is 2.28. The summed E-state index contributed by atoms with van der Waals surface area (Å²) in [6, 6.07) is 21.3. The van der Waals surface area contributed by atoms with Crippen LogP contribution in [0.15, 0.2) is 78.9 Å². The Morgan fingerprint density at radius 3 is 1.90 bits per heavy atom. The summed E-state index contributed by atoms with van der Waals surface area (Å²) in [5, 5.41) is 0. The number of benzene rings is 2. The first-order chi connectivity index (χ1) is 10.1. The Morgan fingerprint density at radius 2 is 1.33 bits per heavy atom. The summed E-state index contributed by atoms with van der Waals surface area (Å²) in [7, 11) is -1.28. The van der Waals surface area contributed by atoms with Crippen LogP contribution in [-0.4, -0.2) is 8.07 Å². The van der Waals surface area contributed by atoms with Crippen molar-refractivity contribution in [3.8, 4) is 0 Å². The van der Waals surface area contributed by atoms with Gasteiger partial charge in [-0.1, -0.05) is 105 Å². The van der Waals surface area contributed by atoms with Crippen molar-refractivity contribution < 1.29 is 0 Å². The lowest BCUT2D eigenvalue weighted by Crippen LogP contribution is -2.29. The van der Waals surface area contributed by atoms with Crippen molar-refractivity contribution in [2.75, 3.05) is 0 Å². The van der Waals surface area contributed by atoms with Gasteiger partial charge in [0.1, 0.15) is 0 Å². The van der Waals surface area contributed by atoms with Crippen LogP contribution in [0.2, 0.25) is 19.6 Å². The maximum absolute atomic E-state index is 2.43. The van der Waals surface area contributed by atoms with Gasteiger partial charge < -0.3 is 0 Å². The molecule has 0 aromatic heterocycles. The van der Waals surface area contributed by atoms with Crippen molar-refractivity contribution in [1.29, 1.82) is 0 Å². The average Bonchev–Trinajstić information content (AvgIpc) is 2.48. The largest absolute Gasteiger partial charge is 0.0797 e. The van der Waals surface area contributed by atoms with E-state index in [9.17, 15) is 0 Å². The van der Waals surface area contributed by atoms with Gasteiger partial charge in [-0.15, -0.1) is 0 Å². The molecule has 0 bridgehead atoms. The van der Waals surface area contributed by atoms with Gasteiger partial charge in [0.05, 0.1) is 8.07 Å². The first-order valence-corrected chi connectivity index (χ1v) is 11.1. The van der Waals surface area contributed by atoms with Gasteiger partial charge in [0.2, 0.25) is 0 Å². The van der Waals surface area contributed by atoms with E-state index >= 15 is 0 Å². The summed E-state index contributed by atoms with van der Waals surface area (Å²) in [5.41, 5.74) is 3.23. The molecule has 0 heterocycles. The van der Waals surface area contributed by atoms with Crippen LogP contribution >= 0.6 is 0 Å². The molecular formula is C20H24Si. The zero-order chi connectivity index (χ0) is 15.1. The molecule has 2 rings (SSSR count). The Morgan fingerprint density at radius 1 is 0.762 bits per heavy atom. The fourth-order valence-electron chi connectivity index (χ4n) is 2.47. The molecular weight excluding hydrogens is 268 g/mol. The highest BCUT2D eigenvalue weighted by molar-refractivity contribution is 6.78. The van der Waals surface area contributed by atoms with Crippen molar-refractivity contribution in [3.63, 3.8) is 0 Å². The summed E-state index contributed by atoms with van der Waals surface area (Å²) in [6.45, 7) is 7.28. The van der Waals surface area contributed by atoms with Gasteiger partial charge in [-0.25, -0.2) is 0 Å². The Labute approximate surface area is 129 Å². The molecule has 2 aromatic rings. The van der Waals surface area contributed by atoms with E-state index in [1.807, 2.05) is 6.07 Å². The van der Waals surface area contributed by atoms with Crippen LogP contribution in [0.3, 0.4) is 0 Å². The van der Waals surface area contributed by atoms with Gasteiger partial charge in [0.25, 0.3) is 0 Å². The number of hydrogen-bond donors (Lipinski definition) is 0. The minimum atomic E-state index is -1.28. The maximum atomic E-state index is 2.43. The van der Waals surface area contributed by atoms with Crippen molar-refractivity contribution in [2.45, 2.75) is 25.2 Å². The smallest absolute Gasteiger partial charge is 0.0565 e. The van der Waals surface area contributed by atoms with Gasteiger partial charge >= 0.3 is 0 Å². The van der Waals surface area contributed by atoms with Gasteiger partial charge in [-0.2, -0.15) is 0 Å². The van der Waals surface area contributed by atoms with E-state index in [0.29, 0.717) is 5.54 Å². The molecule has 0 aliphatic carbocycles. The van der Waals surface area contributed by atoms with E-state index < -0.39 is 8.07 Å². The molecule has 0 radical (unpaired) electrons. The third-order valence-electron chi connectivity index (χ3n) is 3.59. The number of rotatable bonds is 5. The van der Waals surface area contributed by atoms with Crippen LogP contribution in [0.5, 0.6) is 0 Å². The molecule has 0 saturated heterocycles. The lowest BCUT2D eigenvalue weighted by Gasteiger charge is -2.26. The summed E-state index contributed by atoms with van der Waals surface area (Å²) < 4.78 is 0. The molecule has 0 nitrogen and oxygen atoms in total. The SMILES string of the molecule is C[Si](C)(C)C(/C=C/C=C/c1ccccc1)c1ccccc1. The molecule has 0 fully saturated rings. The minimum absolute atomic E-state index is 0.555. The fourth-order valence-corrected chi connectivity index (χ4v) is 4.35. The average molecular weight is 292 g/mol. The predicted molar refractivity (Wildman–Crippen MR) is 97.1 cm³/mol. The molecule has 2 aromatic carbocycles. The Kier molecular flexibility index (Phi) is 5.35. The number of hydrogen-bond acceptors (Lipinski definition) is 0. The predicted octanol–water partition coefficient (Wildman–Crippen LogP) is 5.92. The van der Waals surface area contributed by atoms with Gasteiger partial charge in [0.15, 0.2) is 0 Å². The van der Waals surface area contributed by atoms with E-state index in [-0.39, 0.29) is 0 Å². The van der Waals surface area contributed by atoms with Gasteiger partial charge in [0, 0.05) is 0 Å². The van der Waals surface area contributed by atoms with Gasteiger partial charge in [-0.3, -0.25) is 0 Å². The van der Waals surface area contributed by atoms with E-state index in [4.69, 9.17) is 0 Å². The molecule has 0 saturated carbocycles. The molecule has 1 atom stereocenters. The third-order valence-corrected chi connectivity index (χ3v) is 5.99. The molecule has 1 unspecified atom stereocenters. The van der Waals surface area contributed by atoms with Crippen LogP contribution in [0.4, 0.5) is 0 Å². The Balaban J connectivity index is 2.13. The second kappa shape index (κ2) is 7.23. The highest BCUT2D eigenvalue weighted by atomic mass is 28.3. The normalized spacial score (nSPS) is 13.9. The molecule has 1 heteroatoms. The van der Waals surface area contributed by atoms with Crippen molar-refractivity contribution in [3.05, 3.63) is 90.0 Å². The molecule has 108 valence electrons. The summed E-state index contributed by atoms with van der Waals surface area (Å²) in [4.78, 5) is 0. The Bertz CT molecular complexity index is 589. The van der Waals surface area contributed by atoms with Gasteiger partial charge in [-0.05, 0) is 16.7 Å². The quantitative estimate of drug-likeness (QED) is 0.474. The lowest BCUT2D eigenvalue weighted by atomic mass is 10.1. The lowest BCUT2D eigenvalue weighted by molar-refractivity contribution is 1.13.